The van der Waals surface area contributed by atoms with Crippen molar-refractivity contribution in [3.8, 4) is 5.75 Å². The second kappa shape index (κ2) is 7.46. The third-order valence-corrected chi connectivity index (χ3v) is 4.49. The van der Waals surface area contributed by atoms with Crippen molar-refractivity contribution in [2.75, 3.05) is 20.2 Å². The van der Waals surface area contributed by atoms with Crippen LogP contribution in [0, 0.1) is 18.8 Å². The predicted molar refractivity (Wildman–Crippen MR) is 84.6 cm³/mol. The van der Waals surface area contributed by atoms with E-state index in [1.807, 2.05) is 25.1 Å². The van der Waals surface area contributed by atoms with Crippen molar-refractivity contribution in [3.05, 3.63) is 29.3 Å². The van der Waals surface area contributed by atoms with Crippen LogP contribution in [0.1, 0.15) is 41.6 Å². The summed E-state index contributed by atoms with van der Waals surface area (Å²) in [4.78, 5) is 12.4. The number of nitrogens with two attached hydrogens (primary N) is 1. The summed E-state index contributed by atoms with van der Waals surface area (Å²) in [7, 11) is 1.59. The average molecular weight is 290 g/mol. The Morgan fingerprint density at radius 1 is 1.33 bits per heavy atom. The molecule has 1 aromatic carbocycles. The third kappa shape index (κ3) is 3.97. The first kappa shape index (κ1) is 15.8. The lowest BCUT2D eigenvalue weighted by molar-refractivity contribution is 0.0932. The zero-order valence-electron chi connectivity index (χ0n) is 13.0. The number of carbonyl (C=O) groups is 1. The summed E-state index contributed by atoms with van der Waals surface area (Å²) in [5.41, 5.74) is 7.51. The molecule has 4 heteroatoms. The molecule has 2 rings (SSSR count). The lowest BCUT2D eigenvalue weighted by Gasteiger charge is -2.30. The second-order valence-corrected chi connectivity index (χ2v) is 5.95. The summed E-state index contributed by atoms with van der Waals surface area (Å²) >= 11 is 0. The number of aryl methyl sites for hydroxylation is 1. The standard InChI is InChI=1S/C17H26N2O2/c1-12-7-8-16(21-2)15(9-12)17(20)19-11-14-6-4-3-5-13(14)10-18/h7-9,13-14H,3-6,10-11,18H2,1-2H3,(H,19,20). The van der Waals surface area contributed by atoms with Gasteiger partial charge in [-0.05, 0) is 50.3 Å². The normalized spacial score (nSPS) is 21.9. The Kier molecular flexibility index (Phi) is 5.62. The summed E-state index contributed by atoms with van der Waals surface area (Å²) in [5, 5.41) is 3.06. The molecule has 21 heavy (non-hydrogen) atoms. The van der Waals surface area contributed by atoms with Crippen LogP contribution in [-0.2, 0) is 0 Å². The summed E-state index contributed by atoms with van der Waals surface area (Å²) in [5.74, 6) is 1.61. The number of rotatable bonds is 5. The van der Waals surface area contributed by atoms with Gasteiger partial charge in [-0.2, -0.15) is 0 Å². The quantitative estimate of drug-likeness (QED) is 0.875. The molecule has 2 unspecified atom stereocenters. The van der Waals surface area contributed by atoms with E-state index >= 15 is 0 Å². The maximum Gasteiger partial charge on any atom is 0.255 e. The smallest absolute Gasteiger partial charge is 0.255 e. The first-order valence-electron chi connectivity index (χ1n) is 7.78. The van der Waals surface area contributed by atoms with Gasteiger partial charge in [0.05, 0.1) is 12.7 Å². The zero-order valence-corrected chi connectivity index (χ0v) is 13.0. The van der Waals surface area contributed by atoms with Gasteiger partial charge in [0, 0.05) is 6.54 Å². The Morgan fingerprint density at radius 3 is 2.71 bits per heavy atom. The molecule has 0 saturated heterocycles. The number of nitrogens with one attached hydrogen (secondary N) is 1. The summed E-state index contributed by atoms with van der Waals surface area (Å²) in [6.45, 7) is 3.40. The van der Waals surface area contributed by atoms with Crippen LogP contribution in [0.2, 0.25) is 0 Å². The van der Waals surface area contributed by atoms with Gasteiger partial charge < -0.3 is 15.8 Å². The number of benzene rings is 1. The van der Waals surface area contributed by atoms with Crippen molar-refractivity contribution in [3.63, 3.8) is 0 Å². The molecule has 1 aliphatic carbocycles. The molecule has 1 amide bonds. The van der Waals surface area contributed by atoms with E-state index in [0.717, 1.165) is 12.0 Å². The highest BCUT2D eigenvalue weighted by molar-refractivity contribution is 5.97. The average Bonchev–Trinajstić information content (AvgIpc) is 2.52. The fraction of sp³-hybridized carbons (Fsp3) is 0.588. The molecule has 3 N–H and O–H groups in total. The summed E-state index contributed by atoms with van der Waals surface area (Å²) in [6.07, 6.45) is 4.85. The van der Waals surface area contributed by atoms with Gasteiger partial charge in [-0.1, -0.05) is 24.5 Å². The van der Waals surface area contributed by atoms with Gasteiger partial charge in [0.25, 0.3) is 5.91 Å². The highest BCUT2D eigenvalue weighted by atomic mass is 16.5. The number of amides is 1. The van der Waals surface area contributed by atoms with Gasteiger partial charge in [0.2, 0.25) is 0 Å². The largest absolute Gasteiger partial charge is 0.496 e. The number of ether oxygens (including phenoxy) is 1. The molecule has 1 aliphatic rings. The van der Waals surface area contributed by atoms with Crippen LogP contribution in [0.25, 0.3) is 0 Å². The van der Waals surface area contributed by atoms with E-state index in [-0.39, 0.29) is 5.91 Å². The Balaban J connectivity index is 1.99. The molecule has 0 heterocycles. The minimum absolute atomic E-state index is 0.0584. The predicted octanol–water partition coefficient (Wildman–Crippen LogP) is 2.50. The minimum Gasteiger partial charge on any atom is -0.496 e. The molecule has 0 aliphatic heterocycles. The van der Waals surface area contributed by atoms with E-state index in [1.54, 1.807) is 7.11 Å². The van der Waals surface area contributed by atoms with Crippen LogP contribution < -0.4 is 15.8 Å². The van der Waals surface area contributed by atoms with Crippen molar-refractivity contribution < 1.29 is 9.53 Å². The maximum atomic E-state index is 12.4. The van der Waals surface area contributed by atoms with Crippen molar-refractivity contribution in [2.45, 2.75) is 32.6 Å². The van der Waals surface area contributed by atoms with Crippen LogP contribution in [0.3, 0.4) is 0 Å². The molecule has 0 radical (unpaired) electrons. The van der Waals surface area contributed by atoms with Crippen LogP contribution in [-0.4, -0.2) is 26.1 Å². The van der Waals surface area contributed by atoms with Crippen molar-refractivity contribution in [2.24, 2.45) is 17.6 Å². The van der Waals surface area contributed by atoms with Crippen LogP contribution >= 0.6 is 0 Å². The molecule has 1 aromatic rings. The Bertz CT molecular complexity index is 488. The summed E-state index contributed by atoms with van der Waals surface area (Å²) < 4.78 is 5.27. The van der Waals surface area contributed by atoms with Crippen LogP contribution in [0.5, 0.6) is 5.75 Å². The third-order valence-electron chi connectivity index (χ3n) is 4.49. The maximum absolute atomic E-state index is 12.4. The van der Waals surface area contributed by atoms with Gasteiger partial charge >= 0.3 is 0 Å². The molecule has 4 nitrogen and oxygen atoms in total. The van der Waals surface area contributed by atoms with E-state index in [4.69, 9.17) is 10.5 Å². The molecule has 1 fully saturated rings. The zero-order chi connectivity index (χ0) is 15.2. The molecule has 0 aromatic heterocycles. The number of methoxy groups -OCH3 is 1. The van der Waals surface area contributed by atoms with Gasteiger partial charge in [-0.15, -0.1) is 0 Å². The molecule has 116 valence electrons. The van der Waals surface area contributed by atoms with Crippen LogP contribution in [0.15, 0.2) is 18.2 Å². The van der Waals surface area contributed by atoms with E-state index in [2.05, 4.69) is 5.32 Å². The van der Waals surface area contributed by atoms with E-state index in [9.17, 15) is 4.79 Å². The van der Waals surface area contributed by atoms with Crippen molar-refractivity contribution in [1.29, 1.82) is 0 Å². The molecule has 1 saturated carbocycles. The fourth-order valence-electron chi connectivity index (χ4n) is 3.18. The monoisotopic (exact) mass is 290 g/mol. The highest BCUT2D eigenvalue weighted by Crippen LogP contribution is 2.29. The molecule has 0 bridgehead atoms. The van der Waals surface area contributed by atoms with Crippen molar-refractivity contribution in [1.82, 2.24) is 5.32 Å². The number of hydrogen-bond acceptors (Lipinski definition) is 3. The first-order chi connectivity index (χ1) is 10.2. The second-order valence-electron chi connectivity index (χ2n) is 5.95. The molecule has 0 spiro atoms. The van der Waals surface area contributed by atoms with E-state index < -0.39 is 0 Å². The Hall–Kier alpha value is -1.55. The Morgan fingerprint density at radius 2 is 2.05 bits per heavy atom. The van der Waals surface area contributed by atoms with Crippen LogP contribution in [0.4, 0.5) is 0 Å². The highest BCUT2D eigenvalue weighted by Gasteiger charge is 2.24. The fourth-order valence-corrected chi connectivity index (χ4v) is 3.18. The van der Waals surface area contributed by atoms with Gasteiger partial charge in [-0.3, -0.25) is 4.79 Å². The SMILES string of the molecule is COc1ccc(C)cc1C(=O)NCC1CCCCC1CN. The van der Waals surface area contributed by atoms with E-state index in [1.165, 1.54) is 19.3 Å². The number of hydrogen-bond donors (Lipinski definition) is 2. The lowest BCUT2D eigenvalue weighted by Crippen LogP contribution is -2.37. The first-order valence-corrected chi connectivity index (χ1v) is 7.78. The molecule has 2 atom stereocenters. The van der Waals surface area contributed by atoms with Crippen molar-refractivity contribution >= 4 is 5.91 Å². The molecular formula is C17H26N2O2. The van der Waals surface area contributed by atoms with E-state index in [0.29, 0.717) is 36.2 Å². The molecular weight excluding hydrogens is 264 g/mol. The minimum atomic E-state index is -0.0584. The summed E-state index contributed by atoms with van der Waals surface area (Å²) in [6, 6.07) is 5.66. The topological polar surface area (TPSA) is 64.3 Å². The van der Waals surface area contributed by atoms with Gasteiger partial charge in [0.15, 0.2) is 0 Å². The Labute approximate surface area is 127 Å². The lowest BCUT2D eigenvalue weighted by atomic mass is 9.79. The number of carbonyl (C=O) groups excluding carboxylic acids is 1. The van der Waals surface area contributed by atoms with Gasteiger partial charge in [0.1, 0.15) is 5.75 Å². The van der Waals surface area contributed by atoms with Gasteiger partial charge in [-0.25, -0.2) is 0 Å².